The first kappa shape index (κ1) is 12.9. The molecule has 0 saturated carbocycles. The van der Waals surface area contributed by atoms with E-state index >= 15 is 0 Å². The maximum Gasteiger partial charge on any atom is 0.197 e. The second-order valence-corrected chi connectivity index (χ2v) is 7.05. The van der Waals surface area contributed by atoms with Gasteiger partial charge in [-0.05, 0) is 12.8 Å². The number of hydrogen-bond acceptors (Lipinski definition) is 4. The Labute approximate surface area is 109 Å². The summed E-state index contributed by atoms with van der Waals surface area (Å²) in [4.78, 5) is 0. The lowest BCUT2D eigenvalue weighted by molar-refractivity contribution is -0.402. The summed E-state index contributed by atoms with van der Waals surface area (Å²) >= 11 is 0. The fraction of sp³-hybridized carbons (Fsp3) is 1.00. The fourth-order valence-corrected chi connectivity index (χ4v) is 3.17. The minimum Gasteiger partial charge on any atom is -0.347 e. The molecule has 0 N–H and O–H groups in total. The van der Waals surface area contributed by atoms with Gasteiger partial charge in [-0.15, -0.1) is 0 Å². The van der Waals surface area contributed by atoms with Crippen LogP contribution in [0, 0.1) is 10.8 Å². The lowest BCUT2D eigenvalue weighted by Gasteiger charge is -2.50. The molecule has 0 amide bonds. The van der Waals surface area contributed by atoms with E-state index in [0.717, 1.165) is 26.1 Å². The first-order valence-corrected chi connectivity index (χ1v) is 6.89. The molecule has 18 heavy (non-hydrogen) atoms. The molecule has 2 spiro atoms. The van der Waals surface area contributed by atoms with Gasteiger partial charge in [0.2, 0.25) is 0 Å². The van der Waals surface area contributed by atoms with Gasteiger partial charge in [0.1, 0.15) is 13.2 Å². The van der Waals surface area contributed by atoms with Gasteiger partial charge in [-0.3, -0.25) is 0 Å². The Kier molecular flexibility index (Phi) is 2.63. The third kappa shape index (κ3) is 1.52. The van der Waals surface area contributed by atoms with E-state index < -0.39 is 11.6 Å². The number of rotatable bonds is 0. The Hall–Kier alpha value is -0.160. The van der Waals surface area contributed by atoms with E-state index in [4.69, 9.17) is 18.9 Å². The summed E-state index contributed by atoms with van der Waals surface area (Å²) in [7, 11) is 0. The zero-order valence-electron chi connectivity index (χ0n) is 11.9. The van der Waals surface area contributed by atoms with Crippen molar-refractivity contribution >= 4 is 0 Å². The van der Waals surface area contributed by atoms with Gasteiger partial charge in [-0.25, -0.2) is 0 Å². The van der Waals surface area contributed by atoms with Gasteiger partial charge in [-0.2, -0.15) is 0 Å². The van der Waals surface area contributed by atoms with Crippen LogP contribution in [-0.4, -0.2) is 38.0 Å². The smallest absolute Gasteiger partial charge is 0.197 e. The van der Waals surface area contributed by atoms with E-state index in [1.807, 2.05) is 0 Å². The highest BCUT2D eigenvalue weighted by molar-refractivity contribution is 5.00. The highest BCUT2D eigenvalue weighted by atomic mass is 16.8. The van der Waals surface area contributed by atoms with E-state index in [9.17, 15) is 0 Å². The Morgan fingerprint density at radius 3 is 1.22 bits per heavy atom. The van der Waals surface area contributed by atoms with E-state index in [0.29, 0.717) is 13.2 Å². The average molecular weight is 256 g/mol. The molecule has 2 atom stereocenters. The molecule has 3 heterocycles. The summed E-state index contributed by atoms with van der Waals surface area (Å²) in [5, 5.41) is 0. The normalized spacial score (nSPS) is 46.0. The van der Waals surface area contributed by atoms with Crippen molar-refractivity contribution in [2.24, 2.45) is 10.8 Å². The number of ether oxygens (including phenoxy) is 4. The molecule has 3 rings (SSSR count). The minimum atomic E-state index is -0.583. The van der Waals surface area contributed by atoms with Crippen LogP contribution in [0.4, 0.5) is 0 Å². The van der Waals surface area contributed by atoms with Gasteiger partial charge in [0.25, 0.3) is 0 Å². The predicted octanol–water partition coefficient (Wildman–Crippen LogP) is 2.32. The van der Waals surface area contributed by atoms with Gasteiger partial charge in [0.15, 0.2) is 11.6 Å². The molecule has 0 unspecified atom stereocenters. The molecule has 0 aromatic carbocycles. The highest BCUT2D eigenvalue weighted by Crippen LogP contribution is 2.52. The van der Waals surface area contributed by atoms with Crippen molar-refractivity contribution in [1.82, 2.24) is 0 Å². The molecule has 3 fully saturated rings. The summed E-state index contributed by atoms with van der Waals surface area (Å²) < 4.78 is 24.0. The van der Waals surface area contributed by atoms with Crippen molar-refractivity contribution in [3.05, 3.63) is 0 Å². The molecule has 0 aromatic heterocycles. The van der Waals surface area contributed by atoms with E-state index in [-0.39, 0.29) is 10.8 Å². The molecular weight excluding hydrogens is 232 g/mol. The van der Waals surface area contributed by atoms with Crippen LogP contribution in [0.1, 0.15) is 40.5 Å². The molecule has 0 aliphatic carbocycles. The van der Waals surface area contributed by atoms with Crippen LogP contribution in [0.15, 0.2) is 0 Å². The summed E-state index contributed by atoms with van der Waals surface area (Å²) in [6.45, 7) is 11.1. The zero-order chi connectivity index (χ0) is 13.1. The van der Waals surface area contributed by atoms with Crippen LogP contribution in [0.2, 0.25) is 0 Å². The summed E-state index contributed by atoms with van der Waals surface area (Å²) in [6.07, 6.45) is 2.02. The first-order valence-electron chi connectivity index (χ1n) is 6.89. The molecule has 4 heteroatoms. The molecule has 104 valence electrons. The van der Waals surface area contributed by atoms with Gasteiger partial charge >= 0.3 is 0 Å². The Bertz CT molecular complexity index is 306. The Balaban J connectivity index is 1.79. The largest absolute Gasteiger partial charge is 0.347 e. The first-order chi connectivity index (χ1) is 8.33. The SMILES string of the molecule is CC1(C)CCO[C@@]12CO[C@@]1(CO2)OCCC1(C)C. The molecular formula is C14H24O4. The molecule has 0 radical (unpaired) electrons. The van der Waals surface area contributed by atoms with Gasteiger partial charge in [-0.1, -0.05) is 27.7 Å². The third-order valence-corrected chi connectivity index (χ3v) is 5.18. The van der Waals surface area contributed by atoms with E-state index in [1.54, 1.807) is 0 Å². The van der Waals surface area contributed by atoms with Crippen LogP contribution in [0.25, 0.3) is 0 Å². The zero-order valence-corrected chi connectivity index (χ0v) is 11.9. The van der Waals surface area contributed by atoms with Crippen LogP contribution in [0.5, 0.6) is 0 Å². The summed E-state index contributed by atoms with van der Waals surface area (Å²) in [6, 6.07) is 0. The quantitative estimate of drug-likeness (QED) is 0.666. The van der Waals surface area contributed by atoms with E-state index in [2.05, 4.69) is 27.7 Å². The Morgan fingerprint density at radius 2 is 1.00 bits per heavy atom. The maximum atomic E-state index is 6.14. The molecule has 3 aliphatic rings. The van der Waals surface area contributed by atoms with E-state index in [1.165, 1.54) is 0 Å². The molecule has 4 nitrogen and oxygen atoms in total. The average Bonchev–Trinajstić information content (AvgIpc) is 2.72. The molecule has 0 aromatic rings. The Morgan fingerprint density at radius 1 is 0.611 bits per heavy atom. The molecule has 3 aliphatic heterocycles. The topological polar surface area (TPSA) is 36.9 Å². The van der Waals surface area contributed by atoms with Crippen LogP contribution in [-0.2, 0) is 18.9 Å². The predicted molar refractivity (Wildman–Crippen MR) is 66.1 cm³/mol. The fourth-order valence-electron chi connectivity index (χ4n) is 3.17. The van der Waals surface area contributed by atoms with Crippen molar-refractivity contribution in [3.8, 4) is 0 Å². The summed E-state index contributed by atoms with van der Waals surface area (Å²) in [5.41, 5.74) is -0.00524. The van der Waals surface area contributed by atoms with Crippen LogP contribution < -0.4 is 0 Å². The monoisotopic (exact) mass is 256 g/mol. The highest BCUT2D eigenvalue weighted by Gasteiger charge is 2.62. The molecule has 0 bridgehead atoms. The van der Waals surface area contributed by atoms with Crippen LogP contribution in [0.3, 0.4) is 0 Å². The standard InChI is InChI=1S/C14H24O4/c1-11(2)5-7-15-13(11)9-18-14(10-17-13)12(3,4)6-8-16-14/h5-10H2,1-4H3/t13-,14-/m1/s1. The second-order valence-electron chi connectivity index (χ2n) is 7.05. The lowest BCUT2D eigenvalue weighted by atomic mass is 9.79. The third-order valence-electron chi connectivity index (χ3n) is 5.18. The van der Waals surface area contributed by atoms with Crippen molar-refractivity contribution in [1.29, 1.82) is 0 Å². The maximum absolute atomic E-state index is 6.14. The summed E-state index contributed by atoms with van der Waals surface area (Å²) in [5.74, 6) is -1.17. The molecule has 3 saturated heterocycles. The van der Waals surface area contributed by atoms with Crippen LogP contribution >= 0.6 is 0 Å². The second kappa shape index (κ2) is 3.69. The van der Waals surface area contributed by atoms with Crippen molar-refractivity contribution in [2.45, 2.75) is 52.1 Å². The van der Waals surface area contributed by atoms with Crippen molar-refractivity contribution in [2.75, 3.05) is 26.4 Å². The lowest BCUT2D eigenvalue weighted by Crippen LogP contribution is -2.62. The number of hydrogen-bond donors (Lipinski definition) is 0. The van der Waals surface area contributed by atoms with Crippen molar-refractivity contribution in [3.63, 3.8) is 0 Å². The van der Waals surface area contributed by atoms with Gasteiger partial charge in [0, 0.05) is 10.8 Å². The van der Waals surface area contributed by atoms with Crippen molar-refractivity contribution < 1.29 is 18.9 Å². The van der Waals surface area contributed by atoms with Gasteiger partial charge in [0.05, 0.1) is 13.2 Å². The van der Waals surface area contributed by atoms with Gasteiger partial charge < -0.3 is 18.9 Å². The minimum absolute atomic E-state index is 0.00262.